The summed E-state index contributed by atoms with van der Waals surface area (Å²) in [6.45, 7) is 1.37. The zero-order chi connectivity index (χ0) is 14.9. The zero-order valence-electron chi connectivity index (χ0n) is 12.1. The summed E-state index contributed by atoms with van der Waals surface area (Å²) in [5, 5.41) is 0. The van der Waals surface area contributed by atoms with Crippen molar-refractivity contribution in [2.45, 2.75) is 25.0 Å². The van der Waals surface area contributed by atoms with Crippen LogP contribution in [0.4, 0.5) is 0 Å². The van der Waals surface area contributed by atoms with Gasteiger partial charge in [-0.3, -0.25) is 4.79 Å². The van der Waals surface area contributed by atoms with Gasteiger partial charge in [-0.15, -0.1) is 0 Å². The minimum Gasteiger partial charge on any atom is -0.459 e. The average molecular weight is 299 g/mol. The van der Waals surface area contributed by atoms with Gasteiger partial charge in [0.05, 0.1) is 18.1 Å². The highest BCUT2D eigenvalue weighted by Gasteiger charge is 2.41. The summed E-state index contributed by atoms with van der Waals surface area (Å²) in [5.41, 5.74) is 0.924. The number of likely N-dealkylation sites (tertiary alicyclic amines) is 1. The largest absolute Gasteiger partial charge is 0.459 e. The Morgan fingerprint density at radius 1 is 1.36 bits per heavy atom. The number of carbonyl (C=O) groups is 1. The Balaban J connectivity index is 1.45. The minimum atomic E-state index is -0.0578. The SMILES string of the molecule is O=C(c1ccco1)N1CC[C@@H]2C[C@H](c3ccncn3)O[C@H]2C1. The Morgan fingerprint density at radius 3 is 3.09 bits per heavy atom. The van der Waals surface area contributed by atoms with E-state index in [0.29, 0.717) is 18.2 Å². The molecule has 2 aromatic heterocycles. The summed E-state index contributed by atoms with van der Waals surface area (Å²) < 4.78 is 11.3. The van der Waals surface area contributed by atoms with E-state index in [-0.39, 0.29) is 18.1 Å². The number of rotatable bonds is 2. The van der Waals surface area contributed by atoms with Crippen molar-refractivity contribution in [1.82, 2.24) is 14.9 Å². The summed E-state index contributed by atoms with van der Waals surface area (Å²) in [6, 6.07) is 5.33. The molecule has 2 aromatic rings. The predicted octanol–water partition coefficient (Wildman–Crippen LogP) is 2.06. The van der Waals surface area contributed by atoms with Gasteiger partial charge in [0.25, 0.3) is 5.91 Å². The summed E-state index contributed by atoms with van der Waals surface area (Å²) in [5.74, 6) is 0.821. The quantitative estimate of drug-likeness (QED) is 0.849. The Bertz CT molecular complexity index is 644. The molecule has 0 aromatic carbocycles. The maximum absolute atomic E-state index is 12.4. The Morgan fingerprint density at radius 2 is 2.32 bits per heavy atom. The molecule has 0 spiro atoms. The molecule has 22 heavy (non-hydrogen) atoms. The number of fused-ring (bicyclic) bond motifs is 1. The van der Waals surface area contributed by atoms with Crippen LogP contribution in [0.3, 0.4) is 0 Å². The molecule has 0 aliphatic carbocycles. The molecule has 2 aliphatic rings. The Kier molecular flexibility index (Phi) is 3.38. The predicted molar refractivity (Wildman–Crippen MR) is 77.0 cm³/mol. The second-order valence-corrected chi connectivity index (χ2v) is 5.81. The third-order valence-corrected chi connectivity index (χ3v) is 4.51. The topological polar surface area (TPSA) is 68.5 Å². The first-order valence-corrected chi connectivity index (χ1v) is 7.55. The van der Waals surface area contributed by atoms with Crippen LogP contribution in [0.15, 0.2) is 41.4 Å². The van der Waals surface area contributed by atoms with Gasteiger partial charge in [0.15, 0.2) is 5.76 Å². The van der Waals surface area contributed by atoms with Crippen LogP contribution >= 0.6 is 0 Å². The average Bonchev–Trinajstić information content (AvgIpc) is 3.23. The highest BCUT2D eigenvalue weighted by molar-refractivity contribution is 5.91. The van der Waals surface area contributed by atoms with Crippen LogP contribution in [0.2, 0.25) is 0 Å². The number of nitrogens with zero attached hydrogens (tertiary/aromatic N) is 3. The van der Waals surface area contributed by atoms with Crippen molar-refractivity contribution in [3.05, 3.63) is 48.4 Å². The molecule has 0 radical (unpaired) electrons. The second kappa shape index (κ2) is 5.53. The van der Waals surface area contributed by atoms with Crippen molar-refractivity contribution < 1.29 is 13.9 Å². The molecule has 3 atom stereocenters. The van der Waals surface area contributed by atoms with E-state index in [4.69, 9.17) is 9.15 Å². The fraction of sp³-hybridized carbons (Fsp3) is 0.438. The number of aromatic nitrogens is 2. The van der Waals surface area contributed by atoms with Crippen LogP contribution in [0.5, 0.6) is 0 Å². The Labute approximate surface area is 128 Å². The molecule has 2 fully saturated rings. The maximum Gasteiger partial charge on any atom is 0.289 e. The van der Waals surface area contributed by atoms with Crippen LogP contribution in [-0.2, 0) is 4.74 Å². The van der Waals surface area contributed by atoms with Gasteiger partial charge in [-0.2, -0.15) is 0 Å². The molecule has 4 heterocycles. The normalized spacial score (nSPS) is 27.6. The number of hydrogen-bond donors (Lipinski definition) is 0. The van der Waals surface area contributed by atoms with Crippen LogP contribution in [-0.4, -0.2) is 40.0 Å². The second-order valence-electron chi connectivity index (χ2n) is 5.81. The highest BCUT2D eigenvalue weighted by Crippen LogP contribution is 2.40. The number of amides is 1. The monoisotopic (exact) mass is 299 g/mol. The smallest absolute Gasteiger partial charge is 0.289 e. The molecular weight excluding hydrogens is 282 g/mol. The van der Waals surface area contributed by atoms with Crippen LogP contribution in [0, 0.1) is 5.92 Å². The van der Waals surface area contributed by atoms with Crippen molar-refractivity contribution in [1.29, 1.82) is 0 Å². The van der Waals surface area contributed by atoms with E-state index in [1.165, 1.54) is 6.26 Å². The third-order valence-electron chi connectivity index (χ3n) is 4.51. The fourth-order valence-electron chi connectivity index (χ4n) is 3.35. The summed E-state index contributed by atoms with van der Waals surface area (Å²) >= 11 is 0. The lowest BCUT2D eigenvalue weighted by Crippen LogP contribution is -2.45. The van der Waals surface area contributed by atoms with Gasteiger partial charge < -0.3 is 14.1 Å². The van der Waals surface area contributed by atoms with Crippen molar-refractivity contribution in [3.8, 4) is 0 Å². The molecule has 6 nitrogen and oxygen atoms in total. The molecule has 2 aliphatic heterocycles. The molecule has 0 bridgehead atoms. The molecule has 0 N–H and O–H groups in total. The lowest BCUT2D eigenvalue weighted by Gasteiger charge is -2.33. The van der Waals surface area contributed by atoms with E-state index in [1.54, 1.807) is 24.7 Å². The number of hydrogen-bond acceptors (Lipinski definition) is 5. The molecular formula is C16H17N3O3. The molecule has 2 saturated heterocycles. The number of ether oxygens (including phenoxy) is 1. The van der Waals surface area contributed by atoms with Gasteiger partial charge in [0.1, 0.15) is 12.4 Å². The summed E-state index contributed by atoms with van der Waals surface area (Å²) in [7, 11) is 0. The van der Waals surface area contributed by atoms with Gasteiger partial charge in [-0.1, -0.05) is 0 Å². The molecule has 0 saturated carbocycles. The highest BCUT2D eigenvalue weighted by atomic mass is 16.5. The molecule has 4 rings (SSSR count). The summed E-state index contributed by atoms with van der Waals surface area (Å²) in [4.78, 5) is 22.4. The minimum absolute atomic E-state index is 0.0108. The fourth-order valence-corrected chi connectivity index (χ4v) is 3.35. The van der Waals surface area contributed by atoms with E-state index in [2.05, 4.69) is 9.97 Å². The van der Waals surface area contributed by atoms with Crippen molar-refractivity contribution in [3.63, 3.8) is 0 Å². The van der Waals surface area contributed by atoms with E-state index in [0.717, 1.165) is 25.1 Å². The van der Waals surface area contributed by atoms with E-state index >= 15 is 0 Å². The van der Waals surface area contributed by atoms with E-state index in [1.807, 2.05) is 11.0 Å². The van der Waals surface area contributed by atoms with Crippen LogP contribution in [0.25, 0.3) is 0 Å². The number of carbonyl (C=O) groups excluding carboxylic acids is 1. The van der Waals surface area contributed by atoms with E-state index in [9.17, 15) is 4.79 Å². The lowest BCUT2D eigenvalue weighted by atomic mass is 9.91. The van der Waals surface area contributed by atoms with Gasteiger partial charge in [-0.05, 0) is 37.0 Å². The molecule has 114 valence electrons. The van der Waals surface area contributed by atoms with Gasteiger partial charge in [0.2, 0.25) is 0 Å². The summed E-state index contributed by atoms with van der Waals surface area (Å²) in [6.07, 6.45) is 6.82. The van der Waals surface area contributed by atoms with Crippen molar-refractivity contribution >= 4 is 5.91 Å². The molecule has 1 amide bonds. The standard InChI is InChI=1S/C16H17N3O3/c20-16(13-2-1-7-21-13)19-6-4-11-8-14(22-15(11)9-19)12-3-5-17-10-18-12/h1-3,5,7,10-11,14-15H,4,6,8-9H2/t11-,14-,15+/m1/s1. The van der Waals surface area contributed by atoms with Crippen molar-refractivity contribution in [2.24, 2.45) is 5.92 Å². The Hall–Kier alpha value is -2.21. The van der Waals surface area contributed by atoms with Gasteiger partial charge in [0, 0.05) is 19.3 Å². The first-order valence-electron chi connectivity index (χ1n) is 7.55. The number of furan rings is 1. The molecule has 0 unspecified atom stereocenters. The van der Waals surface area contributed by atoms with Crippen molar-refractivity contribution in [2.75, 3.05) is 13.1 Å². The van der Waals surface area contributed by atoms with Crippen LogP contribution < -0.4 is 0 Å². The lowest BCUT2D eigenvalue weighted by molar-refractivity contribution is -0.00644. The zero-order valence-corrected chi connectivity index (χ0v) is 12.1. The maximum atomic E-state index is 12.4. The van der Waals surface area contributed by atoms with Gasteiger partial charge >= 0.3 is 0 Å². The first kappa shape index (κ1) is 13.5. The van der Waals surface area contributed by atoms with E-state index < -0.39 is 0 Å². The third kappa shape index (κ3) is 2.39. The molecule has 6 heteroatoms. The number of piperidine rings is 1. The van der Waals surface area contributed by atoms with Gasteiger partial charge in [-0.25, -0.2) is 9.97 Å². The first-order chi connectivity index (χ1) is 10.8. The van der Waals surface area contributed by atoms with Crippen LogP contribution in [0.1, 0.15) is 35.2 Å².